The number of carbonyl (C=O) groups excluding carboxylic acids is 1. The Hall–Kier alpha value is -0.570. The molecule has 0 spiro atoms. The van der Waals surface area contributed by atoms with Crippen LogP contribution >= 0.6 is 0 Å². The SMILES string of the molecule is CC(=O)N1CC(CC(C)(C)C)CC(NCC(C)(C)C)C1. The third-order valence-electron chi connectivity index (χ3n) is 3.80. The zero-order valence-electron chi connectivity index (χ0n) is 14.5. The van der Waals surface area contributed by atoms with Crippen molar-refractivity contribution in [3.8, 4) is 0 Å². The zero-order valence-corrected chi connectivity index (χ0v) is 14.5. The van der Waals surface area contributed by atoms with Gasteiger partial charge >= 0.3 is 0 Å². The van der Waals surface area contributed by atoms with Crippen molar-refractivity contribution in [1.82, 2.24) is 10.2 Å². The molecule has 1 heterocycles. The van der Waals surface area contributed by atoms with Crippen LogP contribution in [0.2, 0.25) is 0 Å². The van der Waals surface area contributed by atoms with Crippen molar-refractivity contribution in [2.24, 2.45) is 16.7 Å². The van der Waals surface area contributed by atoms with Crippen molar-refractivity contribution in [2.45, 2.75) is 67.3 Å². The van der Waals surface area contributed by atoms with Gasteiger partial charge in [0.05, 0.1) is 0 Å². The molecule has 1 rings (SSSR count). The summed E-state index contributed by atoms with van der Waals surface area (Å²) in [5.74, 6) is 0.830. The largest absolute Gasteiger partial charge is 0.341 e. The molecule has 118 valence electrons. The van der Waals surface area contributed by atoms with E-state index in [9.17, 15) is 4.79 Å². The Bertz CT molecular complexity index is 325. The van der Waals surface area contributed by atoms with Gasteiger partial charge in [-0.1, -0.05) is 41.5 Å². The third kappa shape index (κ3) is 6.74. The maximum atomic E-state index is 11.8. The maximum Gasteiger partial charge on any atom is 0.219 e. The second kappa shape index (κ2) is 6.46. The van der Waals surface area contributed by atoms with E-state index in [1.807, 2.05) is 4.90 Å². The van der Waals surface area contributed by atoms with Gasteiger partial charge in [-0.25, -0.2) is 0 Å². The molecule has 0 aliphatic carbocycles. The highest BCUT2D eigenvalue weighted by atomic mass is 16.2. The highest BCUT2D eigenvalue weighted by molar-refractivity contribution is 5.73. The van der Waals surface area contributed by atoms with Crippen LogP contribution in [0.1, 0.15) is 61.3 Å². The van der Waals surface area contributed by atoms with Crippen LogP contribution in [0.25, 0.3) is 0 Å². The summed E-state index contributed by atoms with van der Waals surface area (Å²) in [6.45, 7) is 18.1. The summed E-state index contributed by atoms with van der Waals surface area (Å²) in [5, 5.41) is 3.67. The first-order valence-electron chi connectivity index (χ1n) is 7.95. The molecule has 3 heteroatoms. The maximum absolute atomic E-state index is 11.8. The van der Waals surface area contributed by atoms with Crippen LogP contribution < -0.4 is 5.32 Å². The normalized spacial score (nSPS) is 24.9. The molecule has 0 aromatic rings. The lowest BCUT2D eigenvalue weighted by molar-refractivity contribution is -0.131. The molecular formula is C17H34N2O. The number of nitrogens with one attached hydrogen (secondary N) is 1. The molecule has 1 amide bonds. The van der Waals surface area contributed by atoms with Crippen LogP contribution in [0.5, 0.6) is 0 Å². The first-order valence-corrected chi connectivity index (χ1v) is 7.95. The summed E-state index contributed by atoms with van der Waals surface area (Å²) in [4.78, 5) is 13.8. The summed E-state index contributed by atoms with van der Waals surface area (Å²) < 4.78 is 0. The standard InChI is InChI=1S/C17H34N2O/c1-13(20)19-10-14(9-16(2,3)4)8-15(11-19)18-12-17(5,6)7/h14-15,18H,8-12H2,1-7H3. The van der Waals surface area contributed by atoms with E-state index >= 15 is 0 Å². The van der Waals surface area contributed by atoms with Crippen molar-refractivity contribution in [2.75, 3.05) is 19.6 Å². The number of carbonyl (C=O) groups is 1. The van der Waals surface area contributed by atoms with Gasteiger partial charge in [-0.3, -0.25) is 4.79 Å². The fraction of sp³-hybridized carbons (Fsp3) is 0.941. The Morgan fingerprint density at radius 3 is 2.15 bits per heavy atom. The van der Waals surface area contributed by atoms with Gasteiger partial charge < -0.3 is 10.2 Å². The molecule has 1 N–H and O–H groups in total. The summed E-state index contributed by atoms with van der Waals surface area (Å²) >= 11 is 0. The molecule has 1 aliphatic rings. The van der Waals surface area contributed by atoms with Gasteiger partial charge in [0.2, 0.25) is 5.91 Å². The molecule has 1 saturated heterocycles. The van der Waals surface area contributed by atoms with E-state index in [0.29, 0.717) is 17.4 Å². The van der Waals surface area contributed by atoms with Crippen LogP contribution in [0.4, 0.5) is 0 Å². The number of hydrogen-bond donors (Lipinski definition) is 1. The minimum absolute atomic E-state index is 0.214. The van der Waals surface area contributed by atoms with Crippen molar-refractivity contribution < 1.29 is 4.79 Å². The molecule has 3 nitrogen and oxygen atoms in total. The topological polar surface area (TPSA) is 32.3 Å². The van der Waals surface area contributed by atoms with E-state index in [2.05, 4.69) is 46.9 Å². The van der Waals surface area contributed by atoms with E-state index in [1.165, 1.54) is 12.8 Å². The van der Waals surface area contributed by atoms with Gasteiger partial charge in [0.1, 0.15) is 0 Å². The van der Waals surface area contributed by atoms with Crippen molar-refractivity contribution >= 4 is 5.91 Å². The Kier molecular flexibility index (Phi) is 5.65. The van der Waals surface area contributed by atoms with Gasteiger partial charge in [0.25, 0.3) is 0 Å². The predicted molar refractivity (Wildman–Crippen MR) is 85.7 cm³/mol. The number of hydrogen-bond acceptors (Lipinski definition) is 2. The zero-order chi connectivity index (χ0) is 15.6. The monoisotopic (exact) mass is 282 g/mol. The Morgan fingerprint density at radius 2 is 1.70 bits per heavy atom. The van der Waals surface area contributed by atoms with Crippen molar-refractivity contribution in [1.29, 1.82) is 0 Å². The van der Waals surface area contributed by atoms with E-state index < -0.39 is 0 Å². The van der Waals surface area contributed by atoms with E-state index in [4.69, 9.17) is 0 Å². The van der Waals surface area contributed by atoms with Crippen LogP contribution in [0.3, 0.4) is 0 Å². The lowest BCUT2D eigenvalue weighted by Crippen LogP contribution is -2.52. The summed E-state index contributed by atoms with van der Waals surface area (Å²) in [6.07, 6.45) is 2.38. The number of piperidine rings is 1. The van der Waals surface area contributed by atoms with Gasteiger partial charge in [0.15, 0.2) is 0 Å². The fourth-order valence-electron chi connectivity index (χ4n) is 3.07. The Morgan fingerprint density at radius 1 is 1.10 bits per heavy atom. The van der Waals surface area contributed by atoms with Crippen LogP contribution in [-0.4, -0.2) is 36.5 Å². The summed E-state index contributed by atoms with van der Waals surface area (Å²) in [6, 6.07) is 0.444. The average Bonchev–Trinajstić information content (AvgIpc) is 2.22. The van der Waals surface area contributed by atoms with Gasteiger partial charge in [0, 0.05) is 32.6 Å². The Labute approximate surface area is 125 Å². The minimum atomic E-state index is 0.214. The highest BCUT2D eigenvalue weighted by Gasteiger charge is 2.31. The second-order valence-corrected chi connectivity index (χ2v) is 8.93. The molecule has 1 aliphatic heterocycles. The smallest absolute Gasteiger partial charge is 0.219 e. The molecule has 2 atom stereocenters. The number of rotatable bonds is 3. The molecule has 0 aromatic carbocycles. The van der Waals surface area contributed by atoms with Crippen molar-refractivity contribution in [3.63, 3.8) is 0 Å². The molecule has 0 bridgehead atoms. The van der Waals surface area contributed by atoms with Crippen LogP contribution in [0, 0.1) is 16.7 Å². The summed E-state index contributed by atoms with van der Waals surface area (Å²) in [7, 11) is 0. The van der Waals surface area contributed by atoms with Crippen LogP contribution in [0.15, 0.2) is 0 Å². The quantitative estimate of drug-likeness (QED) is 0.861. The lowest BCUT2D eigenvalue weighted by atomic mass is 9.80. The molecule has 1 fully saturated rings. The fourth-order valence-corrected chi connectivity index (χ4v) is 3.07. The lowest BCUT2D eigenvalue weighted by Gasteiger charge is -2.40. The van der Waals surface area contributed by atoms with Crippen LogP contribution in [-0.2, 0) is 4.79 Å². The van der Waals surface area contributed by atoms with E-state index in [1.54, 1.807) is 6.92 Å². The number of nitrogens with zero attached hydrogens (tertiary/aromatic N) is 1. The predicted octanol–water partition coefficient (Wildman–Crippen LogP) is 3.30. The van der Waals surface area contributed by atoms with Gasteiger partial charge in [-0.05, 0) is 29.6 Å². The molecule has 20 heavy (non-hydrogen) atoms. The van der Waals surface area contributed by atoms with E-state index in [0.717, 1.165) is 19.6 Å². The molecule has 2 unspecified atom stereocenters. The summed E-state index contributed by atoms with van der Waals surface area (Å²) in [5.41, 5.74) is 0.622. The third-order valence-corrected chi connectivity index (χ3v) is 3.80. The molecule has 0 aromatic heterocycles. The molecule has 0 radical (unpaired) electrons. The number of likely N-dealkylation sites (tertiary alicyclic amines) is 1. The molecule has 0 saturated carbocycles. The first kappa shape index (κ1) is 17.5. The van der Waals surface area contributed by atoms with Crippen molar-refractivity contribution in [3.05, 3.63) is 0 Å². The average molecular weight is 282 g/mol. The van der Waals surface area contributed by atoms with Gasteiger partial charge in [-0.15, -0.1) is 0 Å². The first-order chi connectivity index (χ1) is 8.96. The minimum Gasteiger partial charge on any atom is -0.341 e. The van der Waals surface area contributed by atoms with E-state index in [-0.39, 0.29) is 11.3 Å². The second-order valence-electron chi connectivity index (χ2n) is 8.93. The highest BCUT2D eigenvalue weighted by Crippen LogP contribution is 2.30. The molecular weight excluding hydrogens is 248 g/mol. The number of amides is 1. The Balaban J connectivity index is 2.63. The van der Waals surface area contributed by atoms with Gasteiger partial charge in [-0.2, -0.15) is 0 Å².